The summed E-state index contributed by atoms with van der Waals surface area (Å²) in [6, 6.07) is 2.54. The summed E-state index contributed by atoms with van der Waals surface area (Å²) in [5, 5.41) is 36.3. The maximum Gasteiger partial charge on any atom is 0.417 e. The Morgan fingerprint density at radius 1 is 1.45 bits per heavy atom. The molecule has 3 N–H and O–H groups in total. The summed E-state index contributed by atoms with van der Waals surface area (Å²) < 4.78 is 39.7. The number of halogens is 3. The molecule has 8 nitrogen and oxygen atoms in total. The van der Waals surface area contributed by atoms with Crippen LogP contribution in [0.5, 0.6) is 0 Å². The molecule has 2 aromatic rings. The Labute approximate surface area is 164 Å². The topological polar surface area (TPSA) is 121 Å². The van der Waals surface area contributed by atoms with Gasteiger partial charge in [0.15, 0.2) is 12.4 Å². The van der Waals surface area contributed by atoms with Crippen LogP contribution >= 0.6 is 0 Å². The number of aliphatic hydroxyl groups is 1. The molecule has 1 saturated carbocycles. The second-order valence-corrected chi connectivity index (χ2v) is 7.43. The quantitative estimate of drug-likeness (QED) is 0.512. The number of anilines is 2. The van der Waals surface area contributed by atoms with Crippen LogP contribution in [0.3, 0.4) is 0 Å². The fourth-order valence-corrected chi connectivity index (χ4v) is 3.08. The van der Waals surface area contributed by atoms with Crippen molar-refractivity contribution < 1.29 is 23.0 Å². The molecule has 29 heavy (non-hydrogen) atoms. The zero-order valence-corrected chi connectivity index (χ0v) is 15.7. The SMILES string of the molecule is CC1(C)[C@@H](O)C[C@H]1Nc1nc(NCc2c[n+]([O-])ccc2C(F)(F)F)ncc1C#N. The smallest absolute Gasteiger partial charge is 0.417 e. The van der Waals surface area contributed by atoms with Crippen molar-refractivity contribution in [2.45, 2.75) is 45.1 Å². The van der Waals surface area contributed by atoms with E-state index in [1.807, 2.05) is 19.9 Å². The molecular weight excluding hydrogens is 389 g/mol. The monoisotopic (exact) mass is 408 g/mol. The molecule has 2 aromatic heterocycles. The highest BCUT2D eigenvalue weighted by Gasteiger charge is 2.47. The summed E-state index contributed by atoms with van der Waals surface area (Å²) in [4.78, 5) is 8.12. The van der Waals surface area contributed by atoms with Crippen molar-refractivity contribution in [3.8, 4) is 6.07 Å². The van der Waals surface area contributed by atoms with Crippen molar-refractivity contribution in [3.63, 3.8) is 0 Å². The maximum absolute atomic E-state index is 13.1. The molecule has 0 bridgehead atoms. The highest BCUT2D eigenvalue weighted by Crippen LogP contribution is 2.42. The van der Waals surface area contributed by atoms with Crippen LogP contribution in [-0.4, -0.2) is 27.2 Å². The Morgan fingerprint density at radius 3 is 2.76 bits per heavy atom. The average molecular weight is 408 g/mol. The summed E-state index contributed by atoms with van der Waals surface area (Å²) in [5.74, 6) is 0.219. The molecule has 2 heterocycles. The van der Waals surface area contributed by atoms with Crippen molar-refractivity contribution in [1.82, 2.24) is 9.97 Å². The van der Waals surface area contributed by atoms with Gasteiger partial charge in [-0.05, 0) is 6.42 Å². The number of aliphatic hydroxyl groups excluding tert-OH is 1. The van der Waals surface area contributed by atoms with Crippen LogP contribution in [0.2, 0.25) is 0 Å². The summed E-state index contributed by atoms with van der Waals surface area (Å²) in [7, 11) is 0. The van der Waals surface area contributed by atoms with E-state index in [0.29, 0.717) is 12.5 Å². The third kappa shape index (κ3) is 4.17. The Morgan fingerprint density at radius 2 is 2.17 bits per heavy atom. The van der Waals surface area contributed by atoms with Gasteiger partial charge in [0.05, 0.1) is 17.9 Å². The first-order chi connectivity index (χ1) is 13.5. The number of nitrogens with one attached hydrogen (secondary N) is 2. The third-order valence-electron chi connectivity index (χ3n) is 5.20. The van der Waals surface area contributed by atoms with Crippen molar-refractivity contribution >= 4 is 11.8 Å². The van der Waals surface area contributed by atoms with Crippen LogP contribution in [0.1, 0.15) is 37.0 Å². The zero-order chi connectivity index (χ0) is 21.4. The number of hydrogen-bond acceptors (Lipinski definition) is 7. The van der Waals surface area contributed by atoms with E-state index in [0.717, 1.165) is 12.4 Å². The normalized spacial score (nSPS) is 20.4. The Kier molecular flexibility index (Phi) is 5.23. The van der Waals surface area contributed by atoms with E-state index in [2.05, 4.69) is 20.6 Å². The Hall–Kier alpha value is -3.13. The molecule has 0 saturated heterocycles. The predicted octanol–water partition coefficient (Wildman–Crippen LogP) is 2.18. The first-order valence-corrected chi connectivity index (χ1v) is 8.77. The predicted molar refractivity (Wildman–Crippen MR) is 96.3 cm³/mol. The standard InChI is InChI=1S/C18H19F3N6O2/c1-17(2)13(5-14(17)28)25-15-10(6-22)7-23-16(26-15)24-8-11-9-27(29)4-3-12(11)18(19,20)21/h3-4,7,9,13-14,28H,5,8H2,1-2H3,(H2,23,24,25,26)/t13-,14+/m1/s1. The largest absolute Gasteiger partial charge is 0.619 e. The van der Waals surface area contributed by atoms with Gasteiger partial charge in [-0.1, -0.05) is 13.8 Å². The first kappa shape index (κ1) is 20.6. The highest BCUT2D eigenvalue weighted by atomic mass is 19.4. The number of aromatic nitrogens is 3. The summed E-state index contributed by atoms with van der Waals surface area (Å²) in [5.41, 5.74) is -1.45. The van der Waals surface area contributed by atoms with Gasteiger partial charge in [-0.3, -0.25) is 0 Å². The molecule has 0 aliphatic heterocycles. The minimum absolute atomic E-state index is 0.00129. The number of nitrogens with zero attached hydrogens (tertiary/aromatic N) is 4. The zero-order valence-electron chi connectivity index (χ0n) is 15.7. The van der Waals surface area contributed by atoms with E-state index in [4.69, 9.17) is 0 Å². The van der Waals surface area contributed by atoms with Gasteiger partial charge in [0.25, 0.3) is 0 Å². The molecule has 0 amide bonds. The number of alkyl halides is 3. The van der Waals surface area contributed by atoms with E-state index in [9.17, 15) is 28.7 Å². The van der Waals surface area contributed by atoms with Crippen LogP contribution < -0.4 is 15.4 Å². The van der Waals surface area contributed by atoms with Crippen LogP contribution in [0.25, 0.3) is 0 Å². The van der Waals surface area contributed by atoms with Gasteiger partial charge in [-0.15, -0.1) is 0 Å². The molecule has 0 spiro atoms. The first-order valence-electron chi connectivity index (χ1n) is 8.77. The van der Waals surface area contributed by atoms with E-state index in [1.165, 1.54) is 6.20 Å². The number of hydrogen-bond donors (Lipinski definition) is 3. The average Bonchev–Trinajstić information content (AvgIpc) is 2.65. The van der Waals surface area contributed by atoms with Gasteiger partial charge in [0.2, 0.25) is 5.95 Å². The Balaban J connectivity index is 1.80. The third-order valence-corrected chi connectivity index (χ3v) is 5.20. The summed E-state index contributed by atoms with van der Waals surface area (Å²) in [6.45, 7) is 3.41. The van der Waals surface area contributed by atoms with E-state index >= 15 is 0 Å². The van der Waals surface area contributed by atoms with Crippen molar-refractivity contribution in [1.29, 1.82) is 5.26 Å². The molecule has 1 aliphatic rings. The van der Waals surface area contributed by atoms with E-state index in [1.54, 1.807) is 0 Å². The van der Waals surface area contributed by atoms with Gasteiger partial charge in [-0.25, -0.2) is 4.98 Å². The lowest BCUT2D eigenvalue weighted by molar-refractivity contribution is -0.606. The summed E-state index contributed by atoms with van der Waals surface area (Å²) in [6.07, 6.45) is -1.75. The van der Waals surface area contributed by atoms with Crippen molar-refractivity contribution in [2.24, 2.45) is 5.41 Å². The summed E-state index contributed by atoms with van der Waals surface area (Å²) >= 11 is 0. The molecule has 2 atom stereocenters. The molecule has 0 radical (unpaired) electrons. The van der Waals surface area contributed by atoms with Gasteiger partial charge in [0.1, 0.15) is 17.5 Å². The highest BCUT2D eigenvalue weighted by molar-refractivity contribution is 5.54. The van der Waals surface area contributed by atoms with Crippen LogP contribution in [0.15, 0.2) is 24.7 Å². The number of nitriles is 1. The van der Waals surface area contributed by atoms with E-state index in [-0.39, 0.29) is 40.2 Å². The number of pyridine rings is 1. The minimum Gasteiger partial charge on any atom is -0.619 e. The second kappa shape index (κ2) is 7.36. The molecule has 3 rings (SSSR count). The fraction of sp³-hybridized carbons (Fsp3) is 0.444. The fourth-order valence-electron chi connectivity index (χ4n) is 3.08. The van der Waals surface area contributed by atoms with Crippen LogP contribution in [0.4, 0.5) is 24.9 Å². The van der Waals surface area contributed by atoms with Crippen LogP contribution in [-0.2, 0) is 12.7 Å². The van der Waals surface area contributed by atoms with Crippen molar-refractivity contribution in [2.75, 3.05) is 10.6 Å². The maximum atomic E-state index is 13.1. The lowest BCUT2D eigenvalue weighted by Crippen LogP contribution is -2.57. The Bertz CT molecular complexity index is 958. The van der Waals surface area contributed by atoms with Gasteiger partial charge in [-0.2, -0.15) is 28.1 Å². The molecule has 1 aliphatic carbocycles. The molecule has 11 heteroatoms. The van der Waals surface area contributed by atoms with Crippen molar-refractivity contribution in [3.05, 3.63) is 46.6 Å². The van der Waals surface area contributed by atoms with Crippen LogP contribution in [0, 0.1) is 22.0 Å². The molecule has 0 aromatic carbocycles. The molecular formula is C18H19F3N6O2. The lowest BCUT2D eigenvalue weighted by Gasteiger charge is -2.49. The molecule has 1 fully saturated rings. The van der Waals surface area contributed by atoms with Gasteiger partial charge >= 0.3 is 6.18 Å². The minimum atomic E-state index is -4.61. The molecule has 0 unspecified atom stereocenters. The number of rotatable bonds is 5. The lowest BCUT2D eigenvalue weighted by atomic mass is 9.64. The molecule has 154 valence electrons. The van der Waals surface area contributed by atoms with Gasteiger partial charge < -0.3 is 20.9 Å². The second-order valence-electron chi connectivity index (χ2n) is 7.43. The van der Waals surface area contributed by atoms with Gasteiger partial charge in [0, 0.05) is 29.6 Å². The van der Waals surface area contributed by atoms with E-state index < -0.39 is 23.3 Å².